The van der Waals surface area contributed by atoms with Crippen molar-refractivity contribution in [1.82, 2.24) is 15.2 Å². The Morgan fingerprint density at radius 1 is 1.00 bits per heavy atom. The highest BCUT2D eigenvalue weighted by Gasteiger charge is 2.13. The third-order valence-electron chi connectivity index (χ3n) is 4.42. The van der Waals surface area contributed by atoms with Crippen molar-refractivity contribution in [2.45, 2.75) is 6.42 Å². The maximum absolute atomic E-state index is 12.4. The molecule has 2 aromatic carbocycles. The number of benzene rings is 2. The molecule has 27 heavy (non-hydrogen) atoms. The number of carbonyl (C=O) groups is 2. The maximum atomic E-state index is 12.4. The van der Waals surface area contributed by atoms with Gasteiger partial charge in [-0.3, -0.25) is 9.59 Å². The van der Waals surface area contributed by atoms with E-state index in [1.807, 2.05) is 66.3 Å². The van der Waals surface area contributed by atoms with Crippen LogP contribution in [0.25, 0.3) is 10.9 Å². The number of hydrogen-bond donors (Lipinski definition) is 2. The fourth-order valence-electron chi connectivity index (χ4n) is 3.08. The normalized spacial score (nSPS) is 10.6. The Labute approximate surface area is 158 Å². The van der Waals surface area contributed by atoms with Gasteiger partial charge < -0.3 is 19.9 Å². The first-order valence-electron chi connectivity index (χ1n) is 8.81. The van der Waals surface area contributed by atoms with Crippen molar-refractivity contribution in [2.24, 2.45) is 7.05 Å². The van der Waals surface area contributed by atoms with Gasteiger partial charge in [-0.1, -0.05) is 36.4 Å². The number of methoxy groups -OCH3 is 1. The summed E-state index contributed by atoms with van der Waals surface area (Å²) < 4.78 is 7.18. The second kappa shape index (κ2) is 8.40. The lowest BCUT2D eigenvalue weighted by Gasteiger charge is -2.09. The second-order valence-electron chi connectivity index (χ2n) is 6.27. The molecule has 1 heterocycles. The number of rotatable bonds is 7. The molecule has 0 saturated carbocycles. The van der Waals surface area contributed by atoms with E-state index in [1.165, 1.54) is 0 Å². The molecular formula is C21H23N3O3. The zero-order valence-electron chi connectivity index (χ0n) is 15.5. The standard InChI is InChI=1S/C21H23N3O3/c1-24-14-17(16-8-4-5-9-18(16)24)21(26)23-12-11-22-20(25)13-15-7-3-6-10-19(15)27-2/h3-10,14H,11-13H2,1-2H3,(H,22,25)(H,23,26). The molecule has 6 nitrogen and oxygen atoms in total. The number of carbonyl (C=O) groups excluding carboxylic acids is 2. The summed E-state index contributed by atoms with van der Waals surface area (Å²) >= 11 is 0. The van der Waals surface area contributed by atoms with Gasteiger partial charge >= 0.3 is 0 Å². The minimum atomic E-state index is -0.147. The molecular weight excluding hydrogens is 342 g/mol. The van der Waals surface area contributed by atoms with E-state index in [1.54, 1.807) is 7.11 Å². The number of aryl methyl sites for hydroxylation is 1. The van der Waals surface area contributed by atoms with Crippen LogP contribution in [0, 0.1) is 0 Å². The molecule has 0 unspecified atom stereocenters. The lowest BCUT2D eigenvalue weighted by molar-refractivity contribution is -0.120. The van der Waals surface area contributed by atoms with E-state index in [0.29, 0.717) is 24.4 Å². The number of ether oxygens (including phenoxy) is 1. The van der Waals surface area contributed by atoms with Gasteiger partial charge in [0, 0.05) is 42.8 Å². The molecule has 0 aliphatic heterocycles. The lowest BCUT2D eigenvalue weighted by Crippen LogP contribution is -2.35. The zero-order valence-corrected chi connectivity index (χ0v) is 15.5. The molecule has 0 aliphatic carbocycles. The predicted octanol–water partition coefficient (Wildman–Crippen LogP) is 2.28. The Morgan fingerprint density at radius 2 is 1.70 bits per heavy atom. The first-order valence-corrected chi connectivity index (χ1v) is 8.81. The summed E-state index contributed by atoms with van der Waals surface area (Å²) in [5, 5.41) is 6.59. The quantitative estimate of drug-likeness (QED) is 0.631. The van der Waals surface area contributed by atoms with Crippen LogP contribution in [0.5, 0.6) is 5.75 Å². The summed E-state index contributed by atoms with van der Waals surface area (Å²) in [7, 11) is 3.50. The van der Waals surface area contributed by atoms with Crippen molar-refractivity contribution in [3.63, 3.8) is 0 Å². The van der Waals surface area contributed by atoms with Crippen molar-refractivity contribution in [3.8, 4) is 5.75 Å². The molecule has 0 saturated heterocycles. The van der Waals surface area contributed by atoms with Gasteiger partial charge in [0.25, 0.3) is 5.91 Å². The van der Waals surface area contributed by atoms with Crippen LogP contribution in [-0.2, 0) is 18.3 Å². The number of para-hydroxylation sites is 2. The Bertz CT molecular complexity index is 962. The zero-order chi connectivity index (χ0) is 19.2. The van der Waals surface area contributed by atoms with Crippen molar-refractivity contribution in [1.29, 1.82) is 0 Å². The monoisotopic (exact) mass is 365 g/mol. The minimum Gasteiger partial charge on any atom is -0.496 e. The summed E-state index contributed by atoms with van der Waals surface area (Å²) in [4.78, 5) is 24.5. The highest BCUT2D eigenvalue weighted by Crippen LogP contribution is 2.20. The third-order valence-corrected chi connectivity index (χ3v) is 4.42. The number of amides is 2. The van der Waals surface area contributed by atoms with Gasteiger partial charge in [0.15, 0.2) is 0 Å². The van der Waals surface area contributed by atoms with Crippen molar-refractivity contribution in [2.75, 3.05) is 20.2 Å². The van der Waals surface area contributed by atoms with Crippen LogP contribution in [-0.4, -0.2) is 36.6 Å². The molecule has 2 amide bonds. The fourth-order valence-corrected chi connectivity index (χ4v) is 3.08. The fraction of sp³-hybridized carbons (Fsp3) is 0.238. The minimum absolute atomic E-state index is 0.112. The first kappa shape index (κ1) is 18.5. The van der Waals surface area contributed by atoms with Crippen LogP contribution in [0.3, 0.4) is 0 Å². The van der Waals surface area contributed by atoms with Crippen LogP contribution >= 0.6 is 0 Å². The molecule has 0 fully saturated rings. The summed E-state index contributed by atoms with van der Waals surface area (Å²) in [5.41, 5.74) is 2.47. The van der Waals surface area contributed by atoms with Crippen LogP contribution in [0.4, 0.5) is 0 Å². The second-order valence-corrected chi connectivity index (χ2v) is 6.27. The Hall–Kier alpha value is -3.28. The van der Waals surface area contributed by atoms with Gasteiger partial charge in [0.05, 0.1) is 19.1 Å². The molecule has 6 heteroatoms. The molecule has 3 aromatic rings. The Morgan fingerprint density at radius 3 is 2.52 bits per heavy atom. The SMILES string of the molecule is COc1ccccc1CC(=O)NCCNC(=O)c1cn(C)c2ccccc12. The number of hydrogen-bond acceptors (Lipinski definition) is 3. The van der Waals surface area contributed by atoms with E-state index >= 15 is 0 Å². The van der Waals surface area contributed by atoms with Gasteiger partial charge in [0.2, 0.25) is 5.91 Å². The van der Waals surface area contributed by atoms with Crippen molar-refractivity contribution >= 4 is 22.7 Å². The van der Waals surface area contributed by atoms with Crippen molar-refractivity contribution in [3.05, 3.63) is 65.9 Å². The highest BCUT2D eigenvalue weighted by atomic mass is 16.5. The molecule has 0 bridgehead atoms. The molecule has 2 N–H and O–H groups in total. The smallest absolute Gasteiger partial charge is 0.253 e. The average molecular weight is 365 g/mol. The molecule has 0 aliphatic rings. The molecule has 0 spiro atoms. The third kappa shape index (κ3) is 4.28. The van der Waals surface area contributed by atoms with Crippen molar-refractivity contribution < 1.29 is 14.3 Å². The van der Waals surface area contributed by atoms with Gasteiger partial charge in [-0.05, 0) is 12.1 Å². The molecule has 3 rings (SSSR count). The lowest BCUT2D eigenvalue weighted by atomic mass is 10.1. The number of nitrogens with one attached hydrogen (secondary N) is 2. The molecule has 0 radical (unpaired) electrons. The van der Waals surface area contributed by atoms with Crippen LogP contribution in [0.2, 0.25) is 0 Å². The summed E-state index contributed by atoms with van der Waals surface area (Å²) in [6, 6.07) is 15.2. The Kier molecular flexibility index (Phi) is 5.76. The molecule has 0 atom stereocenters. The van der Waals surface area contributed by atoms with Gasteiger partial charge in [-0.25, -0.2) is 0 Å². The van der Waals surface area contributed by atoms with Crippen LogP contribution in [0.1, 0.15) is 15.9 Å². The van der Waals surface area contributed by atoms with Crippen LogP contribution in [0.15, 0.2) is 54.7 Å². The average Bonchev–Trinajstić information content (AvgIpc) is 3.03. The van der Waals surface area contributed by atoms with Gasteiger partial charge in [0.1, 0.15) is 5.75 Å². The first-order chi connectivity index (χ1) is 13.1. The number of aromatic nitrogens is 1. The van der Waals surface area contributed by atoms with E-state index in [0.717, 1.165) is 16.5 Å². The van der Waals surface area contributed by atoms with Crippen LogP contribution < -0.4 is 15.4 Å². The van der Waals surface area contributed by atoms with E-state index in [2.05, 4.69) is 10.6 Å². The largest absolute Gasteiger partial charge is 0.496 e. The van der Waals surface area contributed by atoms with Gasteiger partial charge in [-0.15, -0.1) is 0 Å². The Balaban J connectivity index is 1.49. The van der Waals surface area contributed by atoms with E-state index in [-0.39, 0.29) is 18.2 Å². The maximum Gasteiger partial charge on any atom is 0.253 e. The molecule has 1 aromatic heterocycles. The van der Waals surface area contributed by atoms with E-state index < -0.39 is 0 Å². The topological polar surface area (TPSA) is 72.4 Å². The highest BCUT2D eigenvalue weighted by molar-refractivity contribution is 6.06. The van der Waals surface area contributed by atoms with E-state index in [4.69, 9.17) is 4.74 Å². The summed E-state index contributed by atoms with van der Waals surface area (Å²) in [5.74, 6) is 0.432. The number of nitrogens with zero attached hydrogens (tertiary/aromatic N) is 1. The number of fused-ring (bicyclic) bond motifs is 1. The van der Waals surface area contributed by atoms with Gasteiger partial charge in [-0.2, -0.15) is 0 Å². The molecule has 140 valence electrons. The predicted molar refractivity (Wildman–Crippen MR) is 105 cm³/mol. The summed E-state index contributed by atoms with van der Waals surface area (Å²) in [6.45, 7) is 0.726. The van der Waals surface area contributed by atoms with E-state index in [9.17, 15) is 9.59 Å². The summed E-state index contributed by atoms with van der Waals surface area (Å²) in [6.07, 6.45) is 2.06.